The zero-order valence-corrected chi connectivity index (χ0v) is 18.1. The molecular weight excluding hydrogens is 376 g/mol. The topological polar surface area (TPSA) is 29.5 Å². The van der Waals surface area contributed by atoms with Crippen LogP contribution in [0.1, 0.15) is 30.9 Å². The first-order valence-electron chi connectivity index (χ1n) is 10.1. The lowest BCUT2D eigenvalue weighted by atomic mass is 9.74. The molecule has 0 radical (unpaired) electrons. The van der Waals surface area contributed by atoms with Gasteiger partial charge in [0.25, 0.3) is 0 Å². The van der Waals surface area contributed by atoms with Crippen molar-refractivity contribution in [1.29, 1.82) is 0 Å². The lowest BCUT2D eigenvalue weighted by Gasteiger charge is -2.35. The van der Waals surface area contributed by atoms with Gasteiger partial charge < -0.3 is 9.84 Å². The third-order valence-corrected chi connectivity index (χ3v) is 6.11. The molecule has 0 spiro atoms. The van der Waals surface area contributed by atoms with Gasteiger partial charge in [-0.3, -0.25) is 0 Å². The average molecular weight is 405 g/mol. The van der Waals surface area contributed by atoms with Crippen molar-refractivity contribution in [2.75, 3.05) is 6.61 Å². The fraction of sp³-hybridized carbons (Fsp3) is 0.308. The zero-order chi connectivity index (χ0) is 20.6. The minimum absolute atomic E-state index is 0.141. The van der Waals surface area contributed by atoms with Gasteiger partial charge >= 0.3 is 0 Å². The number of aliphatic hydroxyl groups is 1. The second kappa shape index (κ2) is 7.55. The molecule has 1 aromatic carbocycles. The number of hydrogen-bond acceptors (Lipinski definition) is 3. The van der Waals surface area contributed by atoms with Crippen LogP contribution in [0.2, 0.25) is 0 Å². The summed E-state index contributed by atoms with van der Waals surface area (Å²) in [5, 5.41) is 10.5. The first-order chi connectivity index (χ1) is 13.7. The number of benzene rings is 1. The maximum absolute atomic E-state index is 10.5. The third kappa shape index (κ3) is 4.36. The van der Waals surface area contributed by atoms with E-state index in [9.17, 15) is 5.11 Å². The Hall–Kier alpha value is -2.23. The Bertz CT molecular complexity index is 968. The van der Waals surface area contributed by atoms with Crippen molar-refractivity contribution in [2.24, 2.45) is 5.92 Å². The normalized spacial score (nSPS) is 33.6. The highest BCUT2D eigenvalue weighted by atomic mass is 32.1. The van der Waals surface area contributed by atoms with E-state index in [2.05, 4.69) is 68.5 Å². The minimum atomic E-state index is -0.980. The quantitative estimate of drug-likeness (QED) is 0.629. The number of rotatable bonds is 2. The summed E-state index contributed by atoms with van der Waals surface area (Å²) in [4.78, 5) is 0. The monoisotopic (exact) mass is 404 g/mol. The molecule has 4 rings (SSSR count). The van der Waals surface area contributed by atoms with Crippen molar-refractivity contribution in [1.82, 2.24) is 0 Å². The summed E-state index contributed by atoms with van der Waals surface area (Å²) < 4.78 is 5.94. The predicted molar refractivity (Wildman–Crippen MR) is 123 cm³/mol. The van der Waals surface area contributed by atoms with Gasteiger partial charge in [0.05, 0.1) is 12.2 Å². The Morgan fingerprint density at radius 2 is 1.72 bits per heavy atom. The average Bonchev–Trinajstić information content (AvgIpc) is 2.95. The summed E-state index contributed by atoms with van der Waals surface area (Å²) in [5.41, 5.74) is 3.85. The number of ether oxygens (including phenoxy) is 1. The van der Waals surface area contributed by atoms with E-state index in [1.54, 1.807) is 13.0 Å². The van der Waals surface area contributed by atoms with Crippen LogP contribution < -0.4 is 0 Å². The van der Waals surface area contributed by atoms with E-state index in [1.165, 1.54) is 16.7 Å². The van der Waals surface area contributed by atoms with E-state index in [-0.39, 0.29) is 16.6 Å². The molecule has 0 aromatic heterocycles. The maximum Gasteiger partial charge on any atom is 0.122 e. The van der Waals surface area contributed by atoms with Gasteiger partial charge in [0.15, 0.2) is 0 Å². The lowest BCUT2D eigenvalue weighted by Crippen LogP contribution is -2.27. The summed E-state index contributed by atoms with van der Waals surface area (Å²) in [6.45, 7) is 6.56. The summed E-state index contributed by atoms with van der Waals surface area (Å²) in [6.07, 6.45) is 18.3. The molecule has 0 saturated heterocycles. The molecule has 1 aromatic rings. The molecule has 4 atom stereocenters. The molecule has 1 heterocycles. The van der Waals surface area contributed by atoms with E-state index in [1.807, 2.05) is 18.2 Å². The van der Waals surface area contributed by atoms with Crippen LogP contribution in [0.25, 0.3) is 0 Å². The zero-order valence-electron chi connectivity index (χ0n) is 17.2. The lowest BCUT2D eigenvalue weighted by molar-refractivity contribution is 0.155. The van der Waals surface area contributed by atoms with E-state index >= 15 is 0 Å². The highest BCUT2D eigenvalue weighted by Crippen LogP contribution is 2.44. The van der Waals surface area contributed by atoms with Crippen LogP contribution in [0.3, 0.4) is 0 Å². The molecule has 3 heteroatoms. The SMILES string of the molecule is Cc1ccc(C2C3=C(C=CC(C)(O)C=C3)OCC2C2=CC=CC(C)(S)C=C2)cc1. The van der Waals surface area contributed by atoms with Crippen LogP contribution in [0, 0.1) is 12.8 Å². The van der Waals surface area contributed by atoms with E-state index in [0.717, 1.165) is 11.3 Å². The van der Waals surface area contributed by atoms with Crippen molar-refractivity contribution in [3.63, 3.8) is 0 Å². The standard InChI is InChI=1S/C26H28O2S/c1-18-6-8-20(9-7-18)24-21-11-14-25(2,27)15-12-23(21)28-17-22(24)19-5-4-13-26(3,29)16-10-19/h4-16,22,24,27,29H,17H2,1-3H3. The van der Waals surface area contributed by atoms with Gasteiger partial charge in [0, 0.05) is 22.2 Å². The van der Waals surface area contributed by atoms with Crippen LogP contribution in [-0.4, -0.2) is 22.1 Å². The second-order valence-electron chi connectivity index (χ2n) is 8.60. The molecule has 29 heavy (non-hydrogen) atoms. The van der Waals surface area contributed by atoms with Gasteiger partial charge in [-0.05, 0) is 50.1 Å². The maximum atomic E-state index is 10.5. The Labute approximate surface area is 179 Å². The molecule has 4 unspecified atom stereocenters. The Balaban J connectivity index is 1.81. The van der Waals surface area contributed by atoms with E-state index < -0.39 is 5.60 Å². The molecule has 1 aliphatic heterocycles. The summed E-state index contributed by atoms with van der Waals surface area (Å²) >= 11 is 4.71. The predicted octanol–water partition coefficient (Wildman–Crippen LogP) is 5.60. The first kappa shape index (κ1) is 20.1. The highest BCUT2D eigenvalue weighted by Gasteiger charge is 2.35. The molecule has 0 saturated carbocycles. The number of thiol groups is 1. The van der Waals surface area contributed by atoms with E-state index in [4.69, 9.17) is 17.4 Å². The van der Waals surface area contributed by atoms with E-state index in [0.29, 0.717) is 6.61 Å². The summed E-state index contributed by atoms with van der Waals surface area (Å²) in [6, 6.07) is 8.75. The van der Waals surface area contributed by atoms with Gasteiger partial charge in [0.2, 0.25) is 0 Å². The largest absolute Gasteiger partial charge is 0.493 e. The van der Waals surface area contributed by atoms with Gasteiger partial charge in [-0.2, -0.15) is 12.6 Å². The molecule has 2 nitrogen and oxygen atoms in total. The van der Waals surface area contributed by atoms with Crippen molar-refractivity contribution in [2.45, 2.75) is 37.0 Å². The van der Waals surface area contributed by atoms with Crippen LogP contribution in [-0.2, 0) is 4.74 Å². The van der Waals surface area contributed by atoms with Crippen LogP contribution in [0.5, 0.6) is 0 Å². The second-order valence-corrected chi connectivity index (χ2v) is 9.57. The molecule has 150 valence electrons. The number of hydrogen-bond donors (Lipinski definition) is 2. The molecule has 0 bridgehead atoms. The number of allylic oxidation sites excluding steroid dienone is 6. The third-order valence-electron chi connectivity index (χ3n) is 5.81. The smallest absolute Gasteiger partial charge is 0.122 e. The van der Waals surface area contributed by atoms with Gasteiger partial charge in [-0.25, -0.2) is 0 Å². The Morgan fingerprint density at radius 1 is 1.00 bits per heavy atom. The molecule has 3 aliphatic rings. The fourth-order valence-corrected chi connectivity index (χ4v) is 4.23. The summed E-state index contributed by atoms with van der Waals surface area (Å²) in [5.74, 6) is 1.15. The molecule has 1 N–H and O–H groups in total. The minimum Gasteiger partial charge on any atom is -0.493 e. The van der Waals surface area contributed by atoms with Crippen LogP contribution in [0.4, 0.5) is 0 Å². The summed E-state index contributed by atoms with van der Waals surface area (Å²) in [7, 11) is 0. The van der Waals surface area contributed by atoms with Crippen molar-refractivity contribution < 1.29 is 9.84 Å². The van der Waals surface area contributed by atoms with Gasteiger partial charge in [-0.1, -0.05) is 66.3 Å². The fourth-order valence-electron chi connectivity index (χ4n) is 4.07. The van der Waals surface area contributed by atoms with Crippen LogP contribution >= 0.6 is 12.6 Å². The molecule has 0 amide bonds. The van der Waals surface area contributed by atoms with Crippen molar-refractivity contribution in [3.05, 3.63) is 107 Å². The van der Waals surface area contributed by atoms with Gasteiger partial charge in [0.1, 0.15) is 5.76 Å². The Kier molecular flexibility index (Phi) is 5.22. The first-order valence-corrected chi connectivity index (χ1v) is 10.5. The van der Waals surface area contributed by atoms with Crippen molar-refractivity contribution in [3.8, 4) is 0 Å². The molecule has 2 aliphatic carbocycles. The van der Waals surface area contributed by atoms with Crippen LogP contribution in [0.15, 0.2) is 95.9 Å². The van der Waals surface area contributed by atoms with Gasteiger partial charge in [-0.15, -0.1) is 0 Å². The van der Waals surface area contributed by atoms with Crippen molar-refractivity contribution >= 4 is 12.6 Å². The number of aryl methyl sites for hydroxylation is 1. The Morgan fingerprint density at radius 3 is 2.48 bits per heavy atom. The molecular formula is C26H28O2S. The molecule has 0 fully saturated rings. The highest BCUT2D eigenvalue weighted by molar-refractivity contribution is 7.82.